The summed E-state index contributed by atoms with van der Waals surface area (Å²) in [5, 5.41) is 8.44. The van der Waals surface area contributed by atoms with Gasteiger partial charge in [-0.2, -0.15) is 5.10 Å². The Morgan fingerprint density at radius 3 is 2.66 bits per heavy atom. The Hall–Kier alpha value is -4.58. The number of aromatic nitrogens is 3. The minimum atomic E-state index is -0.122. The van der Waals surface area contributed by atoms with Crippen LogP contribution >= 0.6 is 0 Å². The van der Waals surface area contributed by atoms with Gasteiger partial charge in [0.15, 0.2) is 11.5 Å². The molecule has 0 radical (unpaired) electrons. The van der Waals surface area contributed by atoms with Gasteiger partial charge >= 0.3 is 0 Å². The number of piperidine rings is 1. The molecule has 250 valence electrons. The highest BCUT2D eigenvalue weighted by Crippen LogP contribution is 2.44. The molecule has 2 bridgehead atoms. The van der Waals surface area contributed by atoms with E-state index < -0.39 is 0 Å². The van der Waals surface area contributed by atoms with Crippen molar-refractivity contribution in [2.75, 3.05) is 72.0 Å². The minimum Gasteiger partial charge on any atom is -0.493 e. The number of fused-ring (bicyclic) bond motifs is 6. The topological polar surface area (TPSA) is 114 Å². The molecule has 1 aromatic carbocycles. The molecule has 47 heavy (non-hydrogen) atoms. The molecule has 4 aromatic rings. The quantitative estimate of drug-likeness (QED) is 0.346. The summed E-state index contributed by atoms with van der Waals surface area (Å²) in [7, 11) is 4.84. The molecule has 1 fully saturated rings. The van der Waals surface area contributed by atoms with Gasteiger partial charge in [-0.3, -0.25) is 14.5 Å². The SMILES string of the molecule is CCN1CCN(C(=O)c2cnn3cccc(C)c23)CCC(=O)NCC2CCCN(C2)c2nc3cc(OC)c(OC)c(OC)c3cc2C1. The number of amides is 2. The summed E-state index contributed by atoms with van der Waals surface area (Å²) < 4.78 is 18.9. The maximum absolute atomic E-state index is 14.1. The van der Waals surface area contributed by atoms with Crippen molar-refractivity contribution in [3.05, 3.63) is 53.3 Å². The van der Waals surface area contributed by atoms with Crippen LogP contribution in [0.1, 0.15) is 47.7 Å². The zero-order valence-electron chi connectivity index (χ0n) is 28.0. The van der Waals surface area contributed by atoms with Crippen molar-refractivity contribution in [2.24, 2.45) is 5.92 Å². The van der Waals surface area contributed by atoms with E-state index in [0.717, 1.165) is 65.8 Å². The summed E-state index contributed by atoms with van der Waals surface area (Å²) in [6.45, 7) is 9.16. The van der Waals surface area contributed by atoms with Gasteiger partial charge in [-0.15, -0.1) is 0 Å². The summed E-state index contributed by atoms with van der Waals surface area (Å²) in [4.78, 5) is 38.9. The number of carbonyl (C=O) groups is 2. The van der Waals surface area contributed by atoms with Crippen LogP contribution in [-0.4, -0.2) is 103 Å². The first-order valence-corrected chi connectivity index (χ1v) is 16.4. The highest BCUT2D eigenvalue weighted by atomic mass is 16.5. The lowest BCUT2D eigenvalue weighted by molar-refractivity contribution is -0.121. The molecule has 0 aliphatic carbocycles. The van der Waals surface area contributed by atoms with Crippen LogP contribution in [-0.2, 0) is 11.3 Å². The second-order valence-electron chi connectivity index (χ2n) is 12.4. The number of nitrogens with one attached hydrogen (secondary N) is 1. The molecule has 0 saturated carbocycles. The number of hydrogen-bond donors (Lipinski definition) is 1. The van der Waals surface area contributed by atoms with Crippen LogP contribution in [0, 0.1) is 12.8 Å². The minimum absolute atomic E-state index is 0.0455. The van der Waals surface area contributed by atoms with E-state index in [1.54, 1.807) is 36.9 Å². The lowest BCUT2D eigenvalue weighted by atomic mass is 9.97. The number of pyridine rings is 2. The fourth-order valence-corrected chi connectivity index (χ4v) is 6.93. The number of benzene rings is 1. The monoisotopic (exact) mass is 643 g/mol. The highest BCUT2D eigenvalue weighted by molar-refractivity contribution is 6.01. The maximum atomic E-state index is 14.1. The first kappa shape index (κ1) is 32.4. The molecule has 0 spiro atoms. The van der Waals surface area contributed by atoms with Gasteiger partial charge in [0.2, 0.25) is 11.7 Å². The molecule has 1 unspecified atom stereocenters. The summed E-state index contributed by atoms with van der Waals surface area (Å²) in [6.07, 6.45) is 5.75. The van der Waals surface area contributed by atoms with E-state index in [1.807, 2.05) is 31.3 Å². The number of ether oxygens (including phenoxy) is 3. The Morgan fingerprint density at radius 2 is 1.89 bits per heavy atom. The number of anilines is 1. The van der Waals surface area contributed by atoms with Crippen LogP contribution in [0.2, 0.25) is 0 Å². The van der Waals surface area contributed by atoms with E-state index in [0.29, 0.717) is 55.5 Å². The number of rotatable bonds is 5. The normalized spacial score (nSPS) is 18.3. The van der Waals surface area contributed by atoms with Crippen molar-refractivity contribution in [1.29, 1.82) is 0 Å². The van der Waals surface area contributed by atoms with Crippen molar-refractivity contribution < 1.29 is 23.8 Å². The van der Waals surface area contributed by atoms with E-state index >= 15 is 0 Å². The van der Waals surface area contributed by atoms with Crippen molar-refractivity contribution in [1.82, 2.24) is 29.7 Å². The average molecular weight is 644 g/mol. The summed E-state index contributed by atoms with van der Waals surface area (Å²) in [6, 6.07) is 7.96. The van der Waals surface area contributed by atoms with E-state index in [4.69, 9.17) is 19.2 Å². The Bertz CT molecular complexity index is 1770. The van der Waals surface area contributed by atoms with Crippen molar-refractivity contribution in [2.45, 2.75) is 39.7 Å². The van der Waals surface area contributed by atoms with Crippen LogP contribution < -0.4 is 24.4 Å². The molecule has 6 rings (SSSR count). The smallest absolute Gasteiger partial charge is 0.257 e. The second kappa shape index (κ2) is 14.0. The van der Waals surface area contributed by atoms with Gasteiger partial charge in [-0.05, 0) is 49.9 Å². The lowest BCUT2D eigenvalue weighted by Gasteiger charge is -2.35. The maximum Gasteiger partial charge on any atom is 0.257 e. The molecule has 1 saturated heterocycles. The van der Waals surface area contributed by atoms with Gasteiger partial charge in [0.05, 0.1) is 44.1 Å². The zero-order chi connectivity index (χ0) is 33.1. The van der Waals surface area contributed by atoms with Gasteiger partial charge in [0, 0.05) is 75.4 Å². The molecule has 12 heteroatoms. The van der Waals surface area contributed by atoms with E-state index in [2.05, 4.69) is 33.2 Å². The third-order valence-corrected chi connectivity index (χ3v) is 9.48. The Labute approximate surface area is 275 Å². The highest BCUT2D eigenvalue weighted by Gasteiger charge is 2.28. The Balaban J connectivity index is 1.39. The van der Waals surface area contributed by atoms with Crippen LogP contribution in [0.4, 0.5) is 5.82 Å². The summed E-state index contributed by atoms with van der Waals surface area (Å²) >= 11 is 0. The number of likely N-dealkylation sites (N-methyl/N-ethyl adjacent to an activating group) is 1. The first-order valence-electron chi connectivity index (χ1n) is 16.4. The van der Waals surface area contributed by atoms with Gasteiger partial charge in [-0.25, -0.2) is 9.50 Å². The predicted molar refractivity (Wildman–Crippen MR) is 181 cm³/mol. The molecule has 12 nitrogen and oxygen atoms in total. The lowest BCUT2D eigenvalue weighted by Crippen LogP contribution is -2.42. The van der Waals surface area contributed by atoms with Gasteiger partial charge in [-0.1, -0.05) is 13.0 Å². The van der Waals surface area contributed by atoms with Gasteiger partial charge in [0.1, 0.15) is 5.82 Å². The number of nitrogens with zero attached hydrogens (tertiary/aromatic N) is 6. The Morgan fingerprint density at radius 1 is 1.06 bits per heavy atom. The molecule has 2 aliphatic heterocycles. The van der Waals surface area contributed by atoms with Gasteiger partial charge < -0.3 is 29.3 Å². The van der Waals surface area contributed by atoms with E-state index in [-0.39, 0.29) is 24.2 Å². The third kappa shape index (κ3) is 6.51. The molecular formula is C35H45N7O5. The molecule has 2 aliphatic rings. The Kier molecular flexibility index (Phi) is 9.67. The molecule has 2 amide bonds. The van der Waals surface area contributed by atoms with Crippen LogP contribution in [0.15, 0.2) is 36.7 Å². The molecule has 3 aromatic heterocycles. The number of aryl methyl sites for hydroxylation is 1. The number of methoxy groups -OCH3 is 3. The fourth-order valence-electron chi connectivity index (χ4n) is 6.93. The second-order valence-corrected chi connectivity index (χ2v) is 12.4. The largest absolute Gasteiger partial charge is 0.493 e. The standard InChI is InChI=1S/C35H45N7O5/c1-6-39-15-16-40(35(44)27-20-37-42-13-7-9-23(2)31(27)42)14-11-30(43)36-19-24-10-8-12-41(21-24)34-25(22-39)17-26-28(38-34)18-29(45-3)33(47-5)32(26)46-4/h7,9,13,17-18,20,24H,6,8,10-12,14-16,19,21-22H2,1-5H3,(H,36,43). The molecule has 5 heterocycles. The van der Waals surface area contributed by atoms with E-state index in [9.17, 15) is 9.59 Å². The van der Waals surface area contributed by atoms with Crippen LogP contribution in [0.3, 0.4) is 0 Å². The molecular weight excluding hydrogens is 598 g/mol. The van der Waals surface area contributed by atoms with Crippen LogP contribution in [0.25, 0.3) is 16.4 Å². The van der Waals surface area contributed by atoms with Crippen molar-refractivity contribution in [3.63, 3.8) is 0 Å². The van der Waals surface area contributed by atoms with Crippen LogP contribution in [0.5, 0.6) is 17.2 Å². The number of carbonyl (C=O) groups excluding carboxylic acids is 2. The molecule has 1 atom stereocenters. The third-order valence-electron chi connectivity index (χ3n) is 9.48. The zero-order valence-corrected chi connectivity index (χ0v) is 28.0. The first-order chi connectivity index (χ1) is 22.8. The fraction of sp³-hybridized carbons (Fsp3) is 0.486. The summed E-state index contributed by atoms with van der Waals surface area (Å²) in [5.74, 6) is 2.70. The average Bonchev–Trinajstić information content (AvgIpc) is 3.54. The molecule has 1 N–H and O–H groups in total. The van der Waals surface area contributed by atoms with E-state index in [1.165, 1.54) is 0 Å². The summed E-state index contributed by atoms with van der Waals surface area (Å²) in [5.41, 5.74) is 4.14. The van der Waals surface area contributed by atoms with Crippen molar-refractivity contribution >= 4 is 34.1 Å². The van der Waals surface area contributed by atoms with Crippen molar-refractivity contribution in [3.8, 4) is 17.2 Å². The van der Waals surface area contributed by atoms with Gasteiger partial charge in [0.25, 0.3) is 5.91 Å². The number of hydrogen-bond acceptors (Lipinski definition) is 9. The predicted octanol–water partition coefficient (Wildman–Crippen LogP) is 3.92.